The molecule has 0 saturated carbocycles. The van der Waals surface area contributed by atoms with Crippen LogP contribution in [0, 0.1) is 6.92 Å². The van der Waals surface area contributed by atoms with Crippen LogP contribution in [0.1, 0.15) is 28.4 Å². The average molecular weight is 254 g/mol. The van der Waals surface area contributed by atoms with E-state index in [1.165, 1.54) is 0 Å². The molecule has 0 aliphatic heterocycles. The van der Waals surface area contributed by atoms with Crippen molar-refractivity contribution in [3.63, 3.8) is 0 Å². The SMILES string of the molecule is CCc1ccccc1C(=O)Nc1ccc(N)c(C)c1. The molecule has 0 spiro atoms. The van der Waals surface area contributed by atoms with Crippen LogP contribution in [0.2, 0.25) is 0 Å². The van der Waals surface area contributed by atoms with E-state index < -0.39 is 0 Å². The Balaban J connectivity index is 2.23. The molecule has 0 heterocycles. The molecule has 0 bridgehead atoms. The number of amides is 1. The van der Waals surface area contributed by atoms with Gasteiger partial charge in [-0.3, -0.25) is 4.79 Å². The van der Waals surface area contributed by atoms with Gasteiger partial charge in [-0.25, -0.2) is 0 Å². The summed E-state index contributed by atoms with van der Waals surface area (Å²) < 4.78 is 0. The smallest absolute Gasteiger partial charge is 0.255 e. The fourth-order valence-electron chi connectivity index (χ4n) is 2.00. The number of aryl methyl sites for hydroxylation is 2. The topological polar surface area (TPSA) is 55.1 Å². The van der Waals surface area contributed by atoms with E-state index >= 15 is 0 Å². The lowest BCUT2D eigenvalue weighted by Gasteiger charge is -2.10. The summed E-state index contributed by atoms with van der Waals surface area (Å²) in [5, 5.41) is 2.91. The second-order valence-electron chi connectivity index (χ2n) is 4.54. The van der Waals surface area contributed by atoms with Crippen molar-refractivity contribution in [3.8, 4) is 0 Å². The molecule has 0 aliphatic carbocycles. The molecule has 2 aromatic rings. The number of benzene rings is 2. The van der Waals surface area contributed by atoms with Gasteiger partial charge in [0.15, 0.2) is 0 Å². The summed E-state index contributed by atoms with van der Waals surface area (Å²) in [6.45, 7) is 3.96. The number of nitrogens with one attached hydrogen (secondary N) is 1. The van der Waals surface area contributed by atoms with Crippen LogP contribution in [-0.2, 0) is 6.42 Å². The maximum absolute atomic E-state index is 12.2. The summed E-state index contributed by atoms with van der Waals surface area (Å²) in [4.78, 5) is 12.2. The molecular formula is C16H18N2O. The molecule has 0 atom stereocenters. The molecule has 3 N–H and O–H groups in total. The number of nitrogens with two attached hydrogens (primary N) is 1. The van der Waals surface area contributed by atoms with Gasteiger partial charge < -0.3 is 11.1 Å². The number of carbonyl (C=O) groups excluding carboxylic acids is 1. The van der Waals surface area contributed by atoms with Gasteiger partial charge in [0.2, 0.25) is 0 Å². The van der Waals surface area contributed by atoms with E-state index in [1.54, 1.807) is 6.07 Å². The van der Waals surface area contributed by atoms with E-state index in [9.17, 15) is 4.79 Å². The summed E-state index contributed by atoms with van der Waals surface area (Å²) in [5.41, 5.74) is 9.99. The molecule has 2 rings (SSSR count). The van der Waals surface area contributed by atoms with Gasteiger partial charge in [0, 0.05) is 16.9 Å². The number of carbonyl (C=O) groups is 1. The Morgan fingerprint density at radius 2 is 1.95 bits per heavy atom. The number of nitrogen functional groups attached to an aromatic ring is 1. The molecule has 1 amide bonds. The first-order valence-corrected chi connectivity index (χ1v) is 6.37. The van der Waals surface area contributed by atoms with Crippen LogP contribution >= 0.6 is 0 Å². The number of hydrogen-bond donors (Lipinski definition) is 2. The van der Waals surface area contributed by atoms with E-state index in [0.717, 1.165) is 34.5 Å². The van der Waals surface area contributed by atoms with Crippen LogP contribution in [-0.4, -0.2) is 5.91 Å². The lowest BCUT2D eigenvalue weighted by molar-refractivity contribution is 0.102. The summed E-state index contributed by atoms with van der Waals surface area (Å²) in [6, 6.07) is 13.1. The number of rotatable bonds is 3. The highest BCUT2D eigenvalue weighted by Crippen LogP contribution is 2.18. The van der Waals surface area contributed by atoms with Crippen molar-refractivity contribution in [1.82, 2.24) is 0 Å². The summed E-state index contributed by atoms with van der Waals surface area (Å²) in [5.74, 6) is -0.0818. The van der Waals surface area contributed by atoms with Gasteiger partial charge in [0.05, 0.1) is 0 Å². The van der Waals surface area contributed by atoms with Gasteiger partial charge in [0.1, 0.15) is 0 Å². The normalized spacial score (nSPS) is 10.2. The van der Waals surface area contributed by atoms with Crippen molar-refractivity contribution in [2.45, 2.75) is 20.3 Å². The molecule has 2 aromatic carbocycles. The minimum absolute atomic E-state index is 0.0818. The van der Waals surface area contributed by atoms with Gasteiger partial charge in [-0.05, 0) is 48.7 Å². The Morgan fingerprint density at radius 1 is 1.21 bits per heavy atom. The van der Waals surface area contributed by atoms with Crippen molar-refractivity contribution in [2.24, 2.45) is 0 Å². The molecule has 3 heteroatoms. The molecule has 0 aliphatic rings. The zero-order chi connectivity index (χ0) is 13.8. The molecule has 0 aromatic heterocycles. The molecule has 0 radical (unpaired) electrons. The molecular weight excluding hydrogens is 236 g/mol. The van der Waals surface area contributed by atoms with Gasteiger partial charge in [-0.2, -0.15) is 0 Å². The predicted octanol–water partition coefficient (Wildman–Crippen LogP) is 3.39. The highest BCUT2D eigenvalue weighted by molar-refractivity contribution is 6.05. The van der Waals surface area contributed by atoms with Crippen LogP contribution in [0.4, 0.5) is 11.4 Å². The highest BCUT2D eigenvalue weighted by atomic mass is 16.1. The molecule has 0 saturated heterocycles. The largest absolute Gasteiger partial charge is 0.399 e. The van der Waals surface area contributed by atoms with Crippen molar-refractivity contribution < 1.29 is 4.79 Å². The van der Waals surface area contributed by atoms with Gasteiger partial charge >= 0.3 is 0 Å². The second-order valence-corrected chi connectivity index (χ2v) is 4.54. The van der Waals surface area contributed by atoms with Crippen LogP contribution in [0.5, 0.6) is 0 Å². The van der Waals surface area contributed by atoms with E-state index in [4.69, 9.17) is 5.73 Å². The Morgan fingerprint density at radius 3 is 2.63 bits per heavy atom. The Kier molecular flexibility index (Phi) is 3.85. The first kappa shape index (κ1) is 13.1. The van der Waals surface area contributed by atoms with Gasteiger partial charge in [0.25, 0.3) is 5.91 Å². The third kappa shape index (κ3) is 2.94. The summed E-state index contributed by atoms with van der Waals surface area (Å²) in [6.07, 6.45) is 0.838. The quantitative estimate of drug-likeness (QED) is 0.825. The zero-order valence-electron chi connectivity index (χ0n) is 11.2. The summed E-state index contributed by atoms with van der Waals surface area (Å²) in [7, 11) is 0. The van der Waals surface area contributed by atoms with Crippen LogP contribution < -0.4 is 11.1 Å². The Bertz CT molecular complexity index is 605. The van der Waals surface area contributed by atoms with Crippen molar-refractivity contribution >= 4 is 17.3 Å². The predicted molar refractivity (Wildman–Crippen MR) is 79.4 cm³/mol. The monoisotopic (exact) mass is 254 g/mol. The maximum atomic E-state index is 12.2. The number of hydrogen-bond acceptors (Lipinski definition) is 2. The Labute approximate surface area is 113 Å². The van der Waals surface area contributed by atoms with Crippen LogP contribution in [0.3, 0.4) is 0 Å². The van der Waals surface area contributed by atoms with Crippen molar-refractivity contribution in [3.05, 3.63) is 59.2 Å². The number of anilines is 2. The van der Waals surface area contributed by atoms with E-state index in [0.29, 0.717) is 0 Å². The molecule has 19 heavy (non-hydrogen) atoms. The Hall–Kier alpha value is -2.29. The van der Waals surface area contributed by atoms with Gasteiger partial charge in [-0.15, -0.1) is 0 Å². The lowest BCUT2D eigenvalue weighted by atomic mass is 10.0. The average Bonchev–Trinajstić information content (AvgIpc) is 2.43. The molecule has 0 fully saturated rings. The summed E-state index contributed by atoms with van der Waals surface area (Å²) >= 11 is 0. The first-order valence-electron chi connectivity index (χ1n) is 6.37. The highest BCUT2D eigenvalue weighted by Gasteiger charge is 2.10. The van der Waals surface area contributed by atoms with Crippen molar-refractivity contribution in [1.29, 1.82) is 0 Å². The molecule has 0 unspecified atom stereocenters. The lowest BCUT2D eigenvalue weighted by Crippen LogP contribution is -2.14. The first-order chi connectivity index (χ1) is 9.11. The fraction of sp³-hybridized carbons (Fsp3) is 0.188. The zero-order valence-corrected chi connectivity index (χ0v) is 11.2. The minimum atomic E-state index is -0.0818. The standard InChI is InChI=1S/C16H18N2O/c1-3-12-6-4-5-7-14(12)16(19)18-13-8-9-15(17)11(2)10-13/h4-10H,3,17H2,1-2H3,(H,18,19). The third-order valence-corrected chi connectivity index (χ3v) is 3.17. The maximum Gasteiger partial charge on any atom is 0.255 e. The van der Waals surface area contributed by atoms with Crippen molar-refractivity contribution in [2.75, 3.05) is 11.1 Å². The molecule has 3 nitrogen and oxygen atoms in total. The minimum Gasteiger partial charge on any atom is -0.399 e. The van der Waals surface area contributed by atoms with E-state index in [1.807, 2.05) is 50.2 Å². The fourth-order valence-corrected chi connectivity index (χ4v) is 2.00. The van der Waals surface area contributed by atoms with Crippen LogP contribution in [0.15, 0.2) is 42.5 Å². The van der Waals surface area contributed by atoms with E-state index in [2.05, 4.69) is 5.32 Å². The second kappa shape index (κ2) is 5.57. The van der Waals surface area contributed by atoms with Gasteiger partial charge in [-0.1, -0.05) is 25.1 Å². The van der Waals surface area contributed by atoms with E-state index in [-0.39, 0.29) is 5.91 Å². The third-order valence-electron chi connectivity index (χ3n) is 3.17. The molecule has 98 valence electrons. The van der Waals surface area contributed by atoms with Crippen LogP contribution in [0.25, 0.3) is 0 Å².